The maximum atomic E-state index is 6.21. The molecule has 0 aliphatic carbocycles. The van der Waals surface area contributed by atoms with Gasteiger partial charge in [-0.25, -0.2) is 0 Å². The predicted octanol–water partition coefficient (Wildman–Crippen LogP) is 2.58. The first kappa shape index (κ1) is 23.3. The van der Waals surface area contributed by atoms with E-state index in [1.165, 1.54) is 29.5 Å². The van der Waals surface area contributed by atoms with Gasteiger partial charge < -0.3 is 24.6 Å². The van der Waals surface area contributed by atoms with E-state index in [2.05, 4.69) is 53.0 Å². The Morgan fingerprint density at radius 3 is 2.82 bits per heavy atom. The number of rotatable bonds is 7. The Morgan fingerprint density at radius 1 is 1.18 bits per heavy atom. The largest absolute Gasteiger partial charge is 0.497 e. The van der Waals surface area contributed by atoms with Crippen LogP contribution in [0.4, 0.5) is 5.82 Å². The first-order valence-electron chi connectivity index (χ1n) is 12.6. The van der Waals surface area contributed by atoms with Crippen molar-refractivity contribution in [2.45, 2.75) is 58.4 Å². The SMILES string of the molecule is COc1ccc(C)c(CN2Cc3nc(OC[C@@H]4CCCN4C)nc(N4CCNC[C@@H]4C)c3C2)c1. The average Bonchev–Trinajstić information content (AvgIpc) is 3.44. The Morgan fingerprint density at radius 2 is 2.06 bits per heavy atom. The van der Waals surface area contributed by atoms with Crippen molar-refractivity contribution >= 4 is 5.82 Å². The van der Waals surface area contributed by atoms with Gasteiger partial charge in [-0.2, -0.15) is 9.97 Å². The van der Waals surface area contributed by atoms with Crippen molar-refractivity contribution in [1.29, 1.82) is 0 Å². The van der Waals surface area contributed by atoms with Gasteiger partial charge in [0.1, 0.15) is 18.2 Å². The van der Waals surface area contributed by atoms with E-state index in [4.69, 9.17) is 19.4 Å². The van der Waals surface area contributed by atoms with Gasteiger partial charge in [0.2, 0.25) is 0 Å². The van der Waals surface area contributed by atoms with Crippen molar-refractivity contribution in [3.8, 4) is 11.8 Å². The summed E-state index contributed by atoms with van der Waals surface area (Å²) < 4.78 is 11.7. The molecule has 2 saturated heterocycles. The molecule has 2 fully saturated rings. The molecule has 1 aromatic carbocycles. The van der Waals surface area contributed by atoms with Crippen molar-refractivity contribution in [3.05, 3.63) is 40.6 Å². The summed E-state index contributed by atoms with van der Waals surface area (Å²) in [6.45, 7) is 11.6. The first-order chi connectivity index (χ1) is 16.5. The van der Waals surface area contributed by atoms with Crippen molar-refractivity contribution in [3.63, 3.8) is 0 Å². The summed E-state index contributed by atoms with van der Waals surface area (Å²) in [5, 5.41) is 3.50. The third kappa shape index (κ3) is 4.85. The lowest BCUT2D eigenvalue weighted by atomic mass is 10.1. The Labute approximate surface area is 203 Å². The molecule has 0 bridgehead atoms. The number of anilines is 1. The van der Waals surface area contributed by atoms with Gasteiger partial charge in [-0.15, -0.1) is 0 Å². The molecule has 8 heteroatoms. The first-order valence-corrected chi connectivity index (χ1v) is 12.6. The third-order valence-electron chi connectivity index (χ3n) is 7.61. The molecule has 8 nitrogen and oxygen atoms in total. The predicted molar refractivity (Wildman–Crippen MR) is 134 cm³/mol. The topological polar surface area (TPSA) is 66.0 Å². The summed E-state index contributed by atoms with van der Waals surface area (Å²) in [6, 6.07) is 7.67. The van der Waals surface area contributed by atoms with Crippen molar-refractivity contribution < 1.29 is 9.47 Å². The summed E-state index contributed by atoms with van der Waals surface area (Å²) in [4.78, 5) is 17.2. The van der Waals surface area contributed by atoms with Crippen LogP contribution >= 0.6 is 0 Å². The van der Waals surface area contributed by atoms with Crippen LogP contribution in [-0.4, -0.2) is 78.8 Å². The van der Waals surface area contributed by atoms with Gasteiger partial charge in [-0.3, -0.25) is 4.90 Å². The van der Waals surface area contributed by atoms with Gasteiger partial charge in [0.25, 0.3) is 0 Å². The van der Waals surface area contributed by atoms with Crippen LogP contribution in [0.2, 0.25) is 0 Å². The standard InChI is InChI=1S/C26H38N6O2/c1-18-7-8-22(33-4)12-20(18)14-31-15-23-24(16-31)28-26(34-17-21-6-5-10-30(21)3)29-25(23)32-11-9-27-13-19(32)2/h7-8,12,19,21,27H,5-6,9-11,13-17H2,1-4H3/t19-,21-/m0/s1. The zero-order valence-electron chi connectivity index (χ0n) is 21.0. The normalized spacial score (nSPS) is 23.4. The minimum atomic E-state index is 0.385. The van der Waals surface area contributed by atoms with Gasteiger partial charge in [0, 0.05) is 56.9 Å². The molecule has 184 valence electrons. The zero-order chi connectivity index (χ0) is 23.7. The molecule has 0 amide bonds. The number of methoxy groups -OCH3 is 1. The highest BCUT2D eigenvalue weighted by Gasteiger charge is 2.31. The van der Waals surface area contributed by atoms with E-state index in [-0.39, 0.29) is 0 Å². The van der Waals surface area contributed by atoms with E-state index in [9.17, 15) is 0 Å². The van der Waals surface area contributed by atoms with E-state index in [0.717, 1.165) is 63.1 Å². The van der Waals surface area contributed by atoms with Crippen LogP contribution in [0.25, 0.3) is 0 Å². The van der Waals surface area contributed by atoms with Gasteiger partial charge in [0.15, 0.2) is 0 Å². The monoisotopic (exact) mass is 466 g/mol. The molecule has 3 aliphatic rings. The molecule has 2 aromatic rings. The number of piperazine rings is 1. The van der Waals surface area contributed by atoms with Crippen LogP contribution in [-0.2, 0) is 19.6 Å². The van der Waals surface area contributed by atoms with E-state index >= 15 is 0 Å². The number of likely N-dealkylation sites (N-methyl/N-ethyl adjacent to an activating group) is 1. The number of aromatic nitrogens is 2. The number of ether oxygens (including phenoxy) is 2. The number of benzene rings is 1. The second kappa shape index (κ2) is 10.1. The van der Waals surface area contributed by atoms with Crippen LogP contribution in [0.15, 0.2) is 18.2 Å². The quantitative estimate of drug-likeness (QED) is 0.668. The van der Waals surface area contributed by atoms with Gasteiger partial charge >= 0.3 is 6.01 Å². The molecular formula is C26H38N6O2. The summed E-state index contributed by atoms with van der Waals surface area (Å²) in [5.74, 6) is 1.96. The molecule has 4 heterocycles. The van der Waals surface area contributed by atoms with E-state index in [1.54, 1.807) is 7.11 Å². The van der Waals surface area contributed by atoms with Gasteiger partial charge in [0.05, 0.1) is 12.8 Å². The lowest BCUT2D eigenvalue weighted by Gasteiger charge is -2.36. The Hall–Kier alpha value is -2.42. The van der Waals surface area contributed by atoms with Crippen LogP contribution in [0, 0.1) is 6.92 Å². The van der Waals surface area contributed by atoms with Gasteiger partial charge in [-0.05, 0) is 63.5 Å². The van der Waals surface area contributed by atoms with Crippen LogP contribution in [0.3, 0.4) is 0 Å². The van der Waals surface area contributed by atoms with E-state index in [0.29, 0.717) is 24.7 Å². The van der Waals surface area contributed by atoms with Gasteiger partial charge in [-0.1, -0.05) is 6.07 Å². The number of nitrogens with zero attached hydrogens (tertiary/aromatic N) is 5. The second-order valence-electron chi connectivity index (χ2n) is 10.0. The molecule has 1 aromatic heterocycles. The zero-order valence-corrected chi connectivity index (χ0v) is 21.0. The average molecular weight is 467 g/mol. The summed E-state index contributed by atoms with van der Waals surface area (Å²) in [5.41, 5.74) is 4.92. The second-order valence-corrected chi connectivity index (χ2v) is 10.0. The molecule has 0 spiro atoms. The highest BCUT2D eigenvalue weighted by molar-refractivity contribution is 5.53. The minimum Gasteiger partial charge on any atom is -0.497 e. The summed E-state index contributed by atoms with van der Waals surface area (Å²) in [6.07, 6.45) is 2.41. The van der Waals surface area contributed by atoms with Crippen LogP contribution < -0.4 is 19.7 Å². The van der Waals surface area contributed by atoms with Crippen LogP contribution in [0.1, 0.15) is 42.1 Å². The summed E-state index contributed by atoms with van der Waals surface area (Å²) in [7, 11) is 3.90. The molecule has 0 radical (unpaired) electrons. The number of fused-ring (bicyclic) bond motifs is 1. The third-order valence-corrected chi connectivity index (χ3v) is 7.61. The molecule has 0 saturated carbocycles. The lowest BCUT2D eigenvalue weighted by molar-refractivity contribution is 0.187. The molecule has 34 heavy (non-hydrogen) atoms. The van der Waals surface area contributed by atoms with E-state index in [1.807, 2.05) is 6.07 Å². The number of nitrogens with one attached hydrogen (secondary N) is 1. The molecular weight excluding hydrogens is 428 g/mol. The molecule has 0 unspecified atom stereocenters. The van der Waals surface area contributed by atoms with Crippen molar-refractivity contribution in [2.75, 3.05) is 51.8 Å². The summed E-state index contributed by atoms with van der Waals surface area (Å²) >= 11 is 0. The fourth-order valence-electron chi connectivity index (χ4n) is 5.40. The lowest BCUT2D eigenvalue weighted by Crippen LogP contribution is -2.50. The molecule has 5 rings (SSSR count). The maximum Gasteiger partial charge on any atom is 0.318 e. The van der Waals surface area contributed by atoms with Crippen molar-refractivity contribution in [1.82, 2.24) is 25.1 Å². The van der Waals surface area contributed by atoms with Crippen molar-refractivity contribution in [2.24, 2.45) is 0 Å². The maximum absolute atomic E-state index is 6.21. The number of hydrogen-bond acceptors (Lipinski definition) is 8. The fourth-order valence-corrected chi connectivity index (χ4v) is 5.40. The Bertz CT molecular complexity index is 1020. The fraction of sp³-hybridized carbons (Fsp3) is 0.615. The Balaban J connectivity index is 1.39. The number of likely N-dealkylation sites (tertiary alicyclic amines) is 1. The highest BCUT2D eigenvalue weighted by atomic mass is 16.5. The smallest absolute Gasteiger partial charge is 0.318 e. The minimum absolute atomic E-state index is 0.385. The Kier molecular flexibility index (Phi) is 6.90. The number of hydrogen-bond donors (Lipinski definition) is 1. The van der Waals surface area contributed by atoms with E-state index < -0.39 is 0 Å². The number of aryl methyl sites for hydroxylation is 1. The molecule has 1 N–H and O–H groups in total. The molecule has 3 aliphatic heterocycles. The molecule has 2 atom stereocenters. The van der Waals surface area contributed by atoms with Crippen LogP contribution in [0.5, 0.6) is 11.8 Å². The highest BCUT2D eigenvalue weighted by Crippen LogP contribution is 2.34.